The molecule has 132 valence electrons. The average Bonchev–Trinajstić information content (AvgIpc) is 2.61. The summed E-state index contributed by atoms with van der Waals surface area (Å²) in [5.41, 5.74) is 5.49. The van der Waals surface area contributed by atoms with Crippen molar-refractivity contribution in [2.24, 2.45) is 5.10 Å². The van der Waals surface area contributed by atoms with Gasteiger partial charge in [0.1, 0.15) is 5.75 Å². The van der Waals surface area contributed by atoms with Crippen molar-refractivity contribution in [3.8, 4) is 5.75 Å². The molecule has 5 heteroatoms. The van der Waals surface area contributed by atoms with Crippen molar-refractivity contribution >= 4 is 23.2 Å². The number of hydrogen-bond acceptors (Lipinski definition) is 3. The van der Waals surface area contributed by atoms with Crippen molar-refractivity contribution in [1.29, 1.82) is 0 Å². The maximum atomic E-state index is 11.9. The van der Waals surface area contributed by atoms with E-state index < -0.39 is 0 Å². The van der Waals surface area contributed by atoms with Gasteiger partial charge >= 0.3 is 0 Å². The minimum atomic E-state index is -0.113. The third-order valence-corrected chi connectivity index (χ3v) is 3.94. The van der Waals surface area contributed by atoms with E-state index in [1.807, 2.05) is 56.3 Å². The molecule has 0 aliphatic carbocycles. The Bertz CT molecular complexity index is 730. The standard InChI is InChI=1S/C20H23ClN2O2/c1-3-18(16-8-5-4-6-9-16)22-23-20(24)10-7-13-25-19-12-11-17(21)14-15(19)2/h4-6,8-9,11-12,14H,3,7,10,13H2,1-2H3,(H,23,24). The van der Waals surface area contributed by atoms with Crippen molar-refractivity contribution in [2.45, 2.75) is 33.1 Å². The Balaban J connectivity index is 1.76. The zero-order valence-electron chi connectivity index (χ0n) is 14.6. The summed E-state index contributed by atoms with van der Waals surface area (Å²) in [7, 11) is 0. The van der Waals surface area contributed by atoms with Crippen LogP contribution in [0.25, 0.3) is 0 Å². The van der Waals surface area contributed by atoms with Gasteiger partial charge in [-0.2, -0.15) is 5.10 Å². The van der Waals surface area contributed by atoms with Gasteiger partial charge in [0.05, 0.1) is 12.3 Å². The molecule has 0 saturated carbocycles. The van der Waals surface area contributed by atoms with Crippen LogP contribution in [0.1, 0.15) is 37.3 Å². The summed E-state index contributed by atoms with van der Waals surface area (Å²) in [5.74, 6) is 0.679. The maximum Gasteiger partial charge on any atom is 0.240 e. The minimum absolute atomic E-state index is 0.113. The number of nitrogens with one attached hydrogen (secondary N) is 1. The number of halogens is 1. The van der Waals surface area contributed by atoms with Gasteiger partial charge in [0, 0.05) is 11.4 Å². The van der Waals surface area contributed by atoms with Gasteiger partial charge in [0.25, 0.3) is 0 Å². The third-order valence-electron chi connectivity index (χ3n) is 3.70. The fourth-order valence-electron chi connectivity index (χ4n) is 2.35. The molecule has 0 spiro atoms. The SMILES string of the molecule is CCC(=NNC(=O)CCCOc1ccc(Cl)cc1C)c1ccccc1. The molecule has 0 saturated heterocycles. The molecule has 0 heterocycles. The lowest BCUT2D eigenvalue weighted by Gasteiger charge is -2.09. The molecule has 0 fully saturated rings. The summed E-state index contributed by atoms with van der Waals surface area (Å²) in [6, 6.07) is 15.3. The zero-order valence-corrected chi connectivity index (χ0v) is 15.3. The van der Waals surface area contributed by atoms with Crippen LogP contribution in [-0.2, 0) is 4.79 Å². The lowest BCUT2D eigenvalue weighted by atomic mass is 10.1. The monoisotopic (exact) mass is 358 g/mol. The highest BCUT2D eigenvalue weighted by Gasteiger charge is 2.05. The molecule has 1 amide bonds. The van der Waals surface area contributed by atoms with E-state index in [-0.39, 0.29) is 5.91 Å². The number of carbonyl (C=O) groups excluding carboxylic acids is 1. The zero-order chi connectivity index (χ0) is 18.1. The molecule has 2 rings (SSSR count). The van der Waals surface area contributed by atoms with Crippen molar-refractivity contribution in [1.82, 2.24) is 5.43 Å². The molecule has 0 aliphatic heterocycles. The van der Waals surface area contributed by atoms with E-state index in [2.05, 4.69) is 10.5 Å². The highest BCUT2D eigenvalue weighted by molar-refractivity contribution is 6.30. The van der Waals surface area contributed by atoms with Gasteiger partial charge in [0.15, 0.2) is 0 Å². The first kappa shape index (κ1) is 19.0. The van der Waals surface area contributed by atoms with Crippen molar-refractivity contribution in [3.63, 3.8) is 0 Å². The number of nitrogens with zero attached hydrogens (tertiary/aromatic N) is 1. The Labute approximate surface area is 153 Å². The lowest BCUT2D eigenvalue weighted by Crippen LogP contribution is -2.20. The Morgan fingerprint density at radius 3 is 2.64 bits per heavy atom. The van der Waals surface area contributed by atoms with Crippen LogP contribution in [0.3, 0.4) is 0 Å². The Kier molecular flexibility index (Phi) is 7.48. The molecular formula is C20H23ClN2O2. The molecular weight excluding hydrogens is 336 g/mol. The molecule has 1 N–H and O–H groups in total. The first-order valence-corrected chi connectivity index (χ1v) is 8.77. The van der Waals surface area contributed by atoms with E-state index in [9.17, 15) is 4.79 Å². The second-order valence-electron chi connectivity index (χ2n) is 5.67. The number of amides is 1. The minimum Gasteiger partial charge on any atom is -0.493 e. The summed E-state index contributed by atoms with van der Waals surface area (Å²) in [6.07, 6.45) is 1.74. The number of carbonyl (C=O) groups is 1. The fraction of sp³-hybridized carbons (Fsp3) is 0.300. The molecule has 2 aromatic carbocycles. The Morgan fingerprint density at radius 2 is 1.96 bits per heavy atom. The van der Waals surface area contributed by atoms with Crippen LogP contribution < -0.4 is 10.2 Å². The fourth-order valence-corrected chi connectivity index (χ4v) is 2.58. The summed E-state index contributed by atoms with van der Waals surface area (Å²) in [6.45, 7) is 4.43. The Hall–Kier alpha value is -2.33. The van der Waals surface area contributed by atoms with E-state index in [1.165, 1.54) is 0 Å². The molecule has 2 aromatic rings. The van der Waals surface area contributed by atoms with E-state index in [1.54, 1.807) is 6.07 Å². The number of hydrazone groups is 1. The van der Waals surface area contributed by atoms with Gasteiger partial charge in [-0.05, 0) is 49.1 Å². The summed E-state index contributed by atoms with van der Waals surface area (Å²) in [5, 5.41) is 4.92. The smallest absolute Gasteiger partial charge is 0.240 e. The molecule has 0 aliphatic rings. The lowest BCUT2D eigenvalue weighted by molar-refractivity contribution is -0.121. The normalized spacial score (nSPS) is 11.2. The largest absolute Gasteiger partial charge is 0.493 e. The molecule has 0 aromatic heterocycles. The van der Waals surface area contributed by atoms with Gasteiger partial charge in [-0.25, -0.2) is 5.43 Å². The van der Waals surface area contributed by atoms with E-state index in [0.29, 0.717) is 24.5 Å². The van der Waals surface area contributed by atoms with Crippen LogP contribution in [0.15, 0.2) is 53.6 Å². The third kappa shape index (κ3) is 6.24. The topological polar surface area (TPSA) is 50.7 Å². The van der Waals surface area contributed by atoms with Gasteiger partial charge < -0.3 is 4.74 Å². The summed E-state index contributed by atoms with van der Waals surface area (Å²) >= 11 is 5.92. The van der Waals surface area contributed by atoms with Gasteiger partial charge in [-0.15, -0.1) is 0 Å². The van der Waals surface area contributed by atoms with Gasteiger partial charge in [0.2, 0.25) is 5.91 Å². The van der Waals surface area contributed by atoms with Crippen molar-refractivity contribution < 1.29 is 9.53 Å². The highest BCUT2D eigenvalue weighted by atomic mass is 35.5. The van der Waals surface area contributed by atoms with Crippen LogP contribution >= 0.6 is 11.6 Å². The highest BCUT2D eigenvalue weighted by Crippen LogP contribution is 2.21. The van der Waals surface area contributed by atoms with Crippen LogP contribution in [-0.4, -0.2) is 18.2 Å². The molecule has 0 radical (unpaired) electrons. The molecule has 0 bridgehead atoms. The number of benzene rings is 2. The number of ether oxygens (including phenoxy) is 1. The van der Waals surface area contributed by atoms with Crippen molar-refractivity contribution in [2.75, 3.05) is 6.61 Å². The second kappa shape index (κ2) is 9.84. The van der Waals surface area contributed by atoms with Crippen LogP contribution in [0.2, 0.25) is 5.02 Å². The molecule has 25 heavy (non-hydrogen) atoms. The first-order chi connectivity index (χ1) is 12.1. The van der Waals surface area contributed by atoms with Crippen LogP contribution in [0, 0.1) is 6.92 Å². The van der Waals surface area contributed by atoms with Crippen molar-refractivity contribution in [3.05, 3.63) is 64.7 Å². The number of aryl methyl sites for hydroxylation is 1. The molecule has 0 atom stereocenters. The van der Waals surface area contributed by atoms with Gasteiger partial charge in [-0.3, -0.25) is 4.79 Å². The predicted octanol–water partition coefficient (Wildman–Crippen LogP) is 4.74. The maximum absolute atomic E-state index is 11.9. The van der Waals surface area contributed by atoms with E-state index in [4.69, 9.17) is 16.3 Å². The predicted molar refractivity (Wildman–Crippen MR) is 102 cm³/mol. The quantitative estimate of drug-likeness (QED) is 0.421. The van der Waals surface area contributed by atoms with E-state index >= 15 is 0 Å². The average molecular weight is 359 g/mol. The van der Waals surface area contributed by atoms with E-state index in [0.717, 1.165) is 29.0 Å². The summed E-state index contributed by atoms with van der Waals surface area (Å²) in [4.78, 5) is 11.9. The molecule has 0 unspecified atom stereocenters. The number of rotatable bonds is 8. The second-order valence-corrected chi connectivity index (χ2v) is 6.11. The number of hydrogen-bond donors (Lipinski definition) is 1. The molecule has 4 nitrogen and oxygen atoms in total. The van der Waals surface area contributed by atoms with Crippen LogP contribution in [0.4, 0.5) is 0 Å². The Morgan fingerprint density at radius 1 is 1.20 bits per heavy atom. The first-order valence-electron chi connectivity index (χ1n) is 8.40. The van der Waals surface area contributed by atoms with Gasteiger partial charge in [-0.1, -0.05) is 48.9 Å². The summed E-state index contributed by atoms with van der Waals surface area (Å²) < 4.78 is 5.68. The van der Waals surface area contributed by atoms with Crippen LogP contribution in [0.5, 0.6) is 5.75 Å².